The van der Waals surface area contributed by atoms with Gasteiger partial charge in [0.15, 0.2) is 0 Å². The van der Waals surface area contributed by atoms with Crippen LogP contribution in [0.5, 0.6) is 0 Å². The Kier molecular flexibility index (Phi) is 5.78. The van der Waals surface area contributed by atoms with Crippen molar-refractivity contribution < 1.29 is 17.9 Å². The number of carbonyl (C=O) groups excluding carboxylic acids is 1. The van der Waals surface area contributed by atoms with E-state index in [2.05, 4.69) is 5.32 Å². The number of nitrogens with one attached hydrogen (secondary N) is 1. The van der Waals surface area contributed by atoms with Gasteiger partial charge < -0.3 is 10.1 Å². The number of ether oxygens (including phenoxy) is 1. The van der Waals surface area contributed by atoms with Crippen LogP contribution in [0, 0.1) is 6.92 Å². The summed E-state index contributed by atoms with van der Waals surface area (Å²) < 4.78 is 27.6. The molecule has 0 aliphatic carbocycles. The lowest BCUT2D eigenvalue weighted by Crippen LogP contribution is -2.27. The first-order valence-electron chi connectivity index (χ1n) is 5.77. The molecule has 1 amide bonds. The second-order valence-corrected chi connectivity index (χ2v) is 6.49. The van der Waals surface area contributed by atoms with Crippen molar-refractivity contribution in [2.24, 2.45) is 0 Å². The number of amides is 1. The third kappa shape index (κ3) is 5.18. The topological polar surface area (TPSA) is 72.5 Å². The van der Waals surface area contributed by atoms with Crippen molar-refractivity contribution >= 4 is 25.6 Å². The molecule has 0 aromatic heterocycles. The van der Waals surface area contributed by atoms with Gasteiger partial charge in [0.1, 0.15) is 0 Å². The number of rotatable bonds is 6. The molecule has 0 spiro atoms. The summed E-state index contributed by atoms with van der Waals surface area (Å²) >= 11 is 0. The van der Waals surface area contributed by atoms with E-state index in [-0.39, 0.29) is 16.4 Å². The maximum absolute atomic E-state index is 11.8. The van der Waals surface area contributed by atoms with Gasteiger partial charge in [-0.3, -0.25) is 4.79 Å². The number of benzene rings is 1. The molecule has 1 aromatic rings. The van der Waals surface area contributed by atoms with Crippen LogP contribution in [0.15, 0.2) is 23.1 Å². The summed E-state index contributed by atoms with van der Waals surface area (Å²) in [5.74, 6) is -0.357. The van der Waals surface area contributed by atoms with Gasteiger partial charge in [-0.25, -0.2) is 8.42 Å². The van der Waals surface area contributed by atoms with Crippen LogP contribution in [-0.4, -0.2) is 34.1 Å². The molecule has 7 heteroatoms. The van der Waals surface area contributed by atoms with Gasteiger partial charge >= 0.3 is 0 Å². The summed E-state index contributed by atoms with van der Waals surface area (Å²) in [6.45, 7) is 4.91. The van der Waals surface area contributed by atoms with E-state index in [1.807, 2.05) is 6.92 Å². The molecule has 0 aliphatic rings. The monoisotopic (exact) mass is 305 g/mol. The van der Waals surface area contributed by atoms with Crippen LogP contribution in [-0.2, 0) is 13.8 Å². The normalized spacial score (nSPS) is 11.3. The quantitative estimate of drug-likeness (QED) is 0.641. The van der Waals surface area contributed by atoms with Crippen LogP contribution in [0.4, 0.5) is 0 Å². The zero-order valence-electron chi connectivity index (χ0n) is 10.8. The SMILES string of the molecule is CCOCCNC(=O)c1cc(C)cc(S(=O)(=O)Cl)c1. The van der Waals surface area contributed by atoms with Crippen molar-refractivity contribution in [1.82, 2.24) is 5.32 Å². The highest BCUT2D eigenvalue weighted by molar-refractivity contribution is 8.13. The average Bonchev–Trinajstić information content (AvgIpc) is 2.32. The molecule has 0 saturated carbocycles. The van der Waals surface area contributed by atoms with Gasteiger partial charge in [-0.15, -0.1) is 0 Å². The molecule has 0 aliphatic heterocycles. The first kappa shape index (κ1) is 15.9. The van der Waals surface area contributed by atoms with Crippen molar-refractivity contribution in [3.05, 3.63) is 29.3 Å². The minimum atomic E-state index is -3.84. The molecular weight excluding hydrogens is 290 g/mol. The predicted molar refractivity (Wildman–Crippen MR) is 73.0 cm³/mol. The third-order valence-corrected chi connectivity index (χ3v) is 3.66. The maximum atomic E-state index is 11.8. The van der Waals surface area contributed by atoms with Crippen LogP contribution >= 0.6 is 10.7 Å². The van der Waals surface area contributed by atoms with E-state index in [1.165, 1.54) is 12.1 Å². The van der Waals surface area contributed by atoms with Crippen LogP contribution in [0.25, 0.3) is 0 Å². The molecule has 0 bridgehead atoms. The van der Waals surface area contributed by atoms with Crippen molar-refractivity contribution in [3.63, 3.8) is 0 Å². The summed E-state index contributed by atoms with van der Waals surface area (Å²) in [6.07, 6.45) is 0. The first-order valence-corrected chi connectivity index (χ1v) is 8.08. The summed E-state index contributed by atoms with van der Waals surface area (Å²) in [4.78, 5) is 11.8. The molecule has 1 N–H and O–H groups in total. The average molecular weight is 306 g/mol. The fraction of sp³-hybridized carbons (Fsp3) is 0.417. The molecular formula is C12H16ClNO4S. The standard InChI is InChI=1S/C12H16ClNO4S/c1-3-18-5-4-14-12(15)10-6-9(2)7-11(8-10)19(13,16)17/h6-8H,3-5H2,1-2H3,(H,14,15). The lowest BCUT2D eigenvalue weighted by molar-refractivity contribution is 0.0922. The Bertz CT molecular complexity index is 557. The van der Waals surface area contributed by atoms with Gasteiger partial charge in [-0.1, -0.05) is 0 Å². The smallest absolute Gasteiger partial charge is 0.261 e. The molecule has 5 nitrogen and oxygen atoms in total. The Labute approximate surface area is 117 Å². The van der Waals surface area contributed by atoms with E-state index < -0.39 is 9.05 Å². The van der Waals surface area contributed by atoms with Gasteiger partial charge in [0, 0.05) is 29.4 Å². The van der Waals surface area contributed by atoms with Crippen molar-refractivity contribution in [3.8, 4) is 0 Å². The Morgan fingerprint density at radius 2 is 2.05 bits per heavy atom. The number of hydrogen-bond donors (Lipinski definition) is 1. The van der Waals surface area contributed by atoms with E-state index in [0.29, 0.717) is 25.3 Å². The van der Waals surface area contributed by atoms with E-state index in [0.717, 1.165) is 0 Å². The zero-order valence-corrected chi connectivity index (χ0v) is 12.3. The van der Waals surface area contributed by atoms with Crippen LogP contribution in [0.1, 0.15) is 22.8 Å². The summed E-state index contributed by atoms with van der Waals surface area (Å²) in [5.41, 5.74) is 0.910. The van der Waals surface area contributed by atoms with Gasteiger partial charge in [0.25, 0.3) is 15.0 Å². The number of aryl methyl sites for hydroxylation is 1. The van der Waals surface area contributed by atoms with Crippen LogP contribution in [0.2, 0.25) is 0 Å². The Hall–Kier alpha value is -1.11. The number of carbonyl (C=O) groups is 1. The second kappa shape index (κ2) is 6.88. The fourth-order valence-corrected chi connectivity index (χ4v) is 2.36. The van der Waals surface area contributed by atoms with Crippen LogP contribution < -0.4 is 5.32 Å². The summed E-state index contributed by atoms with van der Waals surface area (Å²) in [6, 6.07) is 4.27. The molecule has 0 radical (unpaired) electrons. The van der Waals surface area contributed by atoms with Gasteiger partial charge in [0.2, 0.25) is 0 Å². The Morgan fingerprint density at radius 3 is 2.63 bits per heavy atom. The highest BCUT2D eigenvalue weighted by atomic mass is 35.7. The van der Waals surface area contributed by atoms with Crippen molar-refractivity contribution in [2.75, 3.05) is 19.8 Å². The van der Waals surface area contributed by atoms with Crippen LogP contribution in [0.3, 0.4) is 0 Å². The number of halogens is 1. The first-order chi connectivity index (χ1) is 8.84. The molecule has 0 unspecified atom stereocenters. The third-order valence-electron chi connectivity index (χ3n) is 2.33. The van der Waals surface area contributed by atoms with E-state index in [9.17, 15) is 13.2 Å². The minimum absolute atomic E-state index is 0.0795. The summed E-state index contributed by atoms with van der Waals surface area (Å²) in [5, 5.41) is 2.64. The molecule has 0 heterocycles. The Balaban J connectivity index is 2.83. The van der Waals surface area contributed by atoms with E-state index in [4.69, 9.17) is 15.4 Å². The largest absolute Gasteiger partial charge is 0.380 e. The van der Waals surface area contributed by atoms with E-state index in [1.54, 1.807) is 13.0 Å². The maximum Gasteiger partial charge on any atom is 0.261 e. The van der Waals surface area contributed by atoms with Crippen molar-refractivity contribution in [2.45, 2.75) is 18.7 Å². The lowest BCUT2D eigenvalue weighted by Gasteiger charge is -2.07. The molecule has 1 rings (SSSR count). The molecule has 106 valence electrons. The van der Waals surface area contributed by atoms with Crippen molar-refractivity contribution in [1.29, 1.82) is 0 Å². The fourth-order valence-electron chi connectivity index (χ4n) is 1.50. The molecule has 0 fully saturated rings. The van der Waals surface area contributed by atoms with Gasteiger partial charge in [-0.2, -0.15) is 0 Å². The molecule has 0 saturated heterocycles. The van der Waals surface area contributed by atoms with E-state index >= 15 is 0 Å². The highest BCUT2D eigenvalue weighted by Gasteiger charge is 2.14. The summed E-state index contributed by atoms with van der Waals surface area (Å²) in [7, 11) is 1.43. The Morgan fingerprint density at radius 1 is 1.37 bits per heavy atom. The number of hydrogen-bond acceptors (Lipinski definition) is 4. The lowest BCUT2D eigenvalue weighted by atomic mass is 10.1. The predicted octanol–water partition coefficient (Wildman–Crippen LogP) is 1.69. The second-order valence-electron chi connectivity index (χ2n) is 3.93. The minimum Gasteiger partial charge on any atom is -0.380 e. The molecule has 1 aromatic carbocycles. The van der Waals surface area contributed by atoms with Gasteiger partial charge in [-0.05, 0) is 37.6 Å². The highest BCUT2D eigenvalue weighted by Crippen LogP contribution is 2.18. The zero-order chi connectivity index (χ0) is 14.5. The molecule has 19 heavy (non-hydrogen) atoms. The van der Waals surface area contributed by atoms with Gasteiger partial charge in [0.05, 0.1) is 11.5 Å². The molecule has 0 atom stereocenters.